The standard InChI is InChI=1S/C10H18O8/c1-15-9-5(3-17-4-6(11)12)18-10(16-2)8(14)7(9)13/h5,7-10,13-14H,3-4H2,1-2H3,(H,11,12). The third-order valence-electron chi connectivity index (χ3n) is 2.65. The molecule has 0 aromatic rings. The van der Waals surface area contributed by atoms with Crippen LogP contribution in [-0.2, 0) is 23.7 Å². The molecular weight excluding hydrogens is 248 g/mol. The fraction of sp³-hybridized carbons (Fsp3) is 0.900. The van der Waals surface area contributed by atoms with E-state index >= 15 is 0 Å². The number of hydrogen-bond acceptors (Lipinski definition) is 7. The van der Waals surface area contributed by atoms with Crippen molar-refractivity contribution in [3.63, 3.8) is 0 Å². The van der Waals surface area contributed by atoms with E-state index in [2.05, 4.69) is 0 Å². The zero-order chi connectivity index (χ0) is 13.7. The Bertz CT molecular complexity index is 271. The van der Waals surface area contributed by atoms with E-state index in [1.807, 2.05) is 0 Å². The van der Waals surface area contributed by atoms with Crippen molar-refractivity contribution in [2.24, 2.45) is 0 Å². The second-order valence-electron chi connectivity index (χ2n) is 3.87. The lowest BCUT2D eigenvalue weighted by Gasteiger charge is -2.41. The summed E-state index contributed by atoms with van der Waals surface area (Å²) in [5.41, 5.74) is 0. The van der Waals surface area contributed by atoms with Crippen molar-refractivity contribution in [1.82, 2.24) is 0 Å². The number of rotatable bonds is 6. The maximum Gasteiger partial charge on any atom is 0.329 e. The van der Waals surface area contributed by atoms with Gasteiger partial charge in [-0.2, -0.15) is 0 Å². The molecule has 0 aromatic carbocycles. The number of ether oxygens (including phenoxy) is 4. The van der Waals surface area contributed by atoms with E-state index in [-0.39, 0.29) is 6.61 Å². The van der Waals surface area contributed by atoms with Crippen molar-refractivity contribution >= 4 is 5.97 Å². The van der Waals surface area contributed by atoms with Crippen LogP contribution in [0.5, 0.6) is 0 Å². The Labute approximate surface area is 104 Å². The van der Waals surface area contributed by atoms with Gasteiger partial charge in [-0.25, -0.2) is 4.79 Å². The van der Waals surface area contributed by atoms with Crippen LogP contribution in [0.25, 0.3) is 0 Å². The van der Waals surface area contributed by atoms with E-state index in [1.165, 1.54) is 14.2 Å². The number of methoxy groups -OCH3 is 2. The first kappa shape index (κ1) is 15.3. The Morgan fingerprint density at radius 1 is 1.22 bits per heavy atom. The molecule has 18 heavy (non-hydrogen) atoms. The molecule has 0 aliphatic carbocycles. The van der Waals surface area contributed by atoms with Gasteiger partial charge in [0.25, 0.3) is 0 Å². The van der Waals surface area contributed by atoms with E-state index in [9.17, 15) is 15.0 Å². The molecule has 1 saturated heterocycles. The predicted octanol–water partition coefficient (Wildman–Crippen LogP) is -1.80. The highest BCUT2D eigenvalue weighted by molar-refractivity contribution is 5.67. The van der Waals surface area contributed by atoms with Gasteiger partial charge in [-0.3, -0.25) is 0 Å². The summed E-state index contributed by atoms with van der Waals surface area (Å²) in [7, 11) is 2.67. The van der Waals surface area contributed by atoms with Crippen LogP contribution in [0, 0.1) is 0 Å². The van der Waals surface area contributed by atoms with Crippen LogP contribution in [0.2, 0.25) is 0 Å². The van der Waals surface area contributed by atoms with Gasteiger partial charge in [0, 0.05) is 14.2 Å². The summed E-state index contributed by atoms with van der Waals surface area (Å²) in [6, 6.07) is 0. The highest BCUT2D eigenvalue weighted by atomic mass is 16.7. The monoisotopic (exact) mass is 266 g/mol. The SMILES string of the molecule is COC1OC(COCC(=O)O)C(OC)C(O)C1O. The van der Waals surface area contributed by atoms with E-state index in [0.717, 1.165) is 0 Å². The minimum Gasteiger partial charge on any atom is -0.480 e. The van der Waals surface area contributed by atoms with Crippen molar-refractivity contribution in [1.29, 1.82) is 0 Å². The molecule has 0 bridgehead atoms. The van der Waals surface area contributed by atoms with Crippen LogP contribution in [0.15, 0.2) is 0 Å². The Kier molecular flexibility index (Phi) is 5.93. The number of aliphatic hydroxyl groups excluding tert-OH is 2. The minimum atomic E-state index is -1.24. The zero-order valence-electron chi connectivity index (χ0n) is 10.2. The molecule has 0 amide bonds. The molecule has 5 atom stereocenters. The number of aliphatic carboxylic acids is 1. The zero-order valence-corrected chi connectivity index (χ0v) is 10.2. The maximum atomic E-state index is 10.3. The third-order valence-corrected chi connectivity index (χ3v) is 2.65. The minimum absolute atomic E-state index is 0.0888. The first-order valence-electron chi connectivity index (χ1n) is 5.38. The van der Waals surface area contributed by atoms with Gasteiger partial charge in [0.2, 0.25) is 0 Å². The maximum absolute atomic E-state index is 10.3. The number of carboxylic acids is 1. The van der Waals surface area contributed by atoms with Gasteiger partial charge in [0.05, 0.1) is 6.61 Å². The highest BCUT2D eigenvalue weighted by Gasteiger charge is 2.45. The normalized spacial score (nSPS) is 36.6. The summed E-state index contributed by atoms with van der Waals surface area (Å²) in [6.07, 6.45) is -4.99. The second-order valence-corrected chi connectivity index (χ2v) is 3.87. The molecule has 0 aromatic heterocycles. The molecule has 0 spiro atoms. The Balaban J connectivity index is 2.59. The van der Waals surface area contributed by atoms with Crippen molar-refractivity contribution in [3.05, 3.63) is 0 Å². The first-order valence-corrected chi connectivity index (χ1v) is 5.38. The lowest BCUT2D eigenvalue weighted by atomic mass is 9.99. The fourth-order valence-electron chi connectivity index (χ4n) is 1.79. The van der Waals surface area contributed by atoms with Gasteiger partial charge in [-0.05, 0) is 0 Å². The second kappa shape index (κ2) is 6.98. The molecule has 106 valence electrons. The summed E-state index contributed by atoms with van der Waals surface area (Å²) in [4.78, 5) is 10.3. The molecule has 8 nitrogen and oxygen atoms in total. The van der Waals surface area contributed by atoms with Crippen molar-refractivity contribution in [2.45, 2.75) is 30.7 Å². The van der Waals surface area contributed by atoms with Gasteiger partial charge in [0.15, 0.2) is 6.29 Å². The smallest absolute Gasteiger partial charge is 0.329 e. The topological polar surface area (TPSA) is 115 Å². The van der Waals surface area contributed by atoms with E-state index in [0.29, 0.717) is 0 Å². The quantitative estimate of drug-likeness (QED) is 0.515. The van der Waals surface area contributed by atoms with Gasteiger partial charge in [0.1, 0.15) is 31.0 Å². The van der Waals surface area contributed by atoms with Crippen molar-refractivity contribution in [2.75, 3.05) is 27.4 Å². The Morgan fingerprint density at radius 3 is 2.39 bits per heavy atom. The molecule has 0 saturated carbocycles. The summed E-state index contributed by atoms with van der Waals surface area (Å²) in [5.74, 6) is -1.11. The average molecular weight is 266 g/mol. The molecular formula is C10H18O8. The third kappa shape index (κ3) is 3.61. The number of hydrogen-bond donors (Lipinski definition) is 3. The number of carbonyl (C=O) groups is 1. The molecule has 8 heteroatoms. The van der Waals surface area contributed by atoms with Crippen molar-refractivity contribution in [3.8, 4) is 0 Å². The van der Waals surface area contributed by atoms with Crippen LogP contribution in [0.4, 0.5) is 0 Å². The van der Waals surface area contributed by atoms with E-state index < -0.39 is 43.3 Å². The fourth-order valence-corrected chi connectivity index (χ4v) is 1.79. The molecule has 1 aliphatic heterocycles. The average Bonchev–Trinajstić information content (AvgIpc) is 2.33. The van der Waals surface area contributed by atoms with E-state index in [4.69, 9.17) is 24.1 Å². The molecule has 5 unspecified atom stereocenters. The van der Waals surface area contributed by atoms with Crippen LogP contribution in [-0.4, -0.2) is 79.4 Å². The van der Waals surface area contributed by atoms with Crippen LogP contribution < -0.4 is 0 Å². The predicted molar refractivity (Wildman–Crippen MR) is 56.9 cm³/mol. The van der Waals surface area contributed by atoms with Crippen LogP contribution in [0.3, 0.4) is 0 Å². The lowest BCUT2D eigenvalue weighted by Crippen LogP contribution is -2.59. The molecule has 1 heterocycles. The Hall–Kier alpha value is -0.770. The van der Waals surface area contributed by atoms with Crippen LogP contribution in [0.1, 0.15) is 0 Å². The summed E-state index contributed by atoms with van der Waals surface area (Å²) >= 11 is 0. The van der Waals surface area contributed by atoms with Gasteiger partial charge >= 0.3 is 5.97 Å². The summed E-state index contributed by atoms with van der Waals surface area (Å²) in [6.45, 7) is -0.568. The molecule has 1 fully saturated rings. The largest absolute Gasteiger partial charge is 0.480 e. The molecule has 1 rings (SSSR count). The van der Waals surface area contributed by atoms with Gasteiger partial charge < -0.3 is 34.3 Å². The van der Waals surface area contributed by atoms with Crippen LogP contribution >= 0.6 is 0 Å². The lowest BCUT2D eigenvalue weighted by molar-refractivity contribution is -0.299. The van der Waals surface area contributed by atoms with E-state index in [1.54, 1.807) is 0 Å². The molecule has 3 N–H and O–H groups in total. The summed E-state index contributed by atoms with van der Waals surface area (Å²) < 4.78 is 20.1. The van der Waals surface area contributed by atoms with Crippen molar-refractivity contribution < 1.29 is 39.1 Å². The highest BCUT2D eigenvalue weighted by Crippen LogP contribution is 2.23. The summed E-state index contributed by atoms with van der Waals surface area (Å²) in [5, 5.41) is 27.9. The number of carboxylic acid groups (broad SMARTS) is 1. The molecule has 0 radical (unpaired) electrons. The van der Waals surface area contributed by atoms with Gasteiger partial charge in [-0.15, -0.1) is 0 Å². The number of aliphatic hydroxyl groups is 2. The first-order chi connectivity index (χ1) is 8.51. The molecule has 1 aliphatic rings. The van der Waals surface area contributed by atoms with Gasteiger partial charge in [-0.1, -0.05) is 0 Å². The Morgan fingerprint density at radius 2 is 1.89 bits per heavy atom.